The standard InChI is InChI=1S/C24H26F3N5O2S/c1-14-11-17(30-16-6-8-18(9-7-16)34-24(25,26)27)5-4-10-32(13-14)21-19(12-28)22(33)31(3)23-20(21)29-15(2)35-23/h6-9,14,17,30H,4-5,10-11,13H2,1-3H3. The van der Waals surface area contributed by atoms with E-state index < -0.39 is 6.36 Å². The number of hydrogen-bond acceptors (Lipinski definition) is 7. The molecule has 1 aliphatic heterocycles. The summed E-state index contributed by atoms with van der Waals surface area (Å²) in [7, 11) is 1.67. The Balaban J connectivity index is 1.51. The van der Waals surface area contributed by atoms with Gasteiger partial charge in [-0.2, -0.15) is 5.26 Å². The lowest BCUT2D eigenvalue weighted by molar-refractivity contribution is -0.274. The lowest BCUT2D eigenvalue weighted by atomic mass is 9.94. The van der Waals surface area contributed by atoms with Gasteiger partial charge in [0.15, 0.2) is 0 Å². The molecule has 3 heterocycles. The van der Waals surface area contributed by atoms with Crippen molar-refractivity contribution in [3.8, 4) is 11.8 Å². The van der Waals surface area contributed by atoms with Gasteiger partial charge in [-0.05, 0) is 56.4 Å². The van der Waals surface area contributed by atoms with E-state index in [1.165, 1.54) is 28.0 Å². The van der Waals surface area contributed by atoms with Crippen LogP contribution in [0.5, 0.6) is 5.75 Å². The third kappa shape index (κ3) is 5.53. The summed E-state index contributed by atoms with van der Waals surface area (Å²) in [6.45, 7) is 5.32. The highest BCUT2D eigenvalue weighted by molar-refractivity contribution is 7.18. The highest BCUT2D eigenvalue weighted by Gasteiger charge is 2.31. The zero-order chi connectivity index (χ0) is 25.3. The number of benzene rings is 1. The van der Waals surface area contributed by atoms with Crippen molar-refractivity contribution in [1.82, 2.24) is 9.55 Å². The zero-order valence-corrected chi connectivity index (χ0v) is 20.5. The second-order valence-electron chi connectivity index (χ2n) is 8.93. The first-order valence-electron chi connectivity index (χ1n) is 11.3. The second-order valence-corrected chi connectivity index (χ2v) is 10.1. The SMILES string of the molecule is Cc1nc2c(N3CCCC(Nc4ccc(OC(F)(F)F)cc4)CC(C)C3)c(C#N)c(=O)n(C)c2s1. The van der Waals surface area contributed by atoms with Crippen LogP contribution in [0.1, 0.15) is 36.8 Å². The number of nitrogens with zero attached hydrogens (tertiary/aromatic N) is 4. The summed E-state index contributed by atoms with van der Waals surface area (Å²) in [5.74, 6) is -0.0263. The Hall–Kier alpha value is -3.26. The highest BCUT2D eigenvalue weighted by Crippen LogP contribution is 2.34. The summed E-state index contributed by atoms with van der Waals surface area (Å²) in [6, 6.07) is 8.00. The number of ether oxygens (including phenoxy) is 1. The van der Waals surface area contributed by atoms with Gasteiger partial charge >= 0.3 is 6.36 Å². The van der Waals surface area contributed by atoms with Gasteiger partial charge in [0.05, 0.1) is 10.7 Å². The first-order valence-corrected chi connectivity index (χ1v) is 12.1. The zero-order valence-electron chi connectivity index (χ0n) is 19.6. The maximum Gasteiger partial charge on any atom is 0.573 e. The minimum absolute atomic E-state index is 0.119. The maximum absolute atomic E-state index is 12.9. The molecule has 1 fully saturated rings. The predicted octanol–water partition coefficient (Wildman–Crippen LogP) is 5.18. The van der Waals surface area contributed by atoms with Crippen molar-refractivity contribution in [2.45, 2.75) is 45.5 Å². The monoisotopic (exact) mass is 505 g/mol. The van der Waals surface area contributed by atoms with E-state index in [1.807, 2.05) is 6.92 Å². The van der Waals surface area contributed by atoms with Crippen LogP contribution in [0.25, 0.3) is 10.3 Å². The third-order valence-electron chi connectivity index (χ3n) is 6.09. The van der Waals surface area contributed by atoms with Crippen molar-refractivity contribution in [2.75, 3.05) is 23.3 Å². The van der Waals surface area contributed by atoms with Crippen LogP contribution in [0.2, 0.25) is 0 Å². The minimum Gasteiger partial charge on any atom is -0.406 e. The number of fused-ring (bicyclic) bond motifs is 1. The Morgan fingerprint density at radius 2 is 2.00 bits per heavy atom. The minimum atomic E-state index is -4.72. The second kappa shape index (κ2) is 9.77. The number of nitriles is 1. The molecule has 186 valence electrons. The number of aryl methyl sites for hydroxylation is 2. The molecular formula is C24H26F3N5O2S. The summed E-state index contributed by atoms with van der Waals surface area (Å²) in [5, 5.41) is 14.1. The number of thiazole rings is 1. The van der Waals surface area contributed by atoms with Crippen LogP contribution < -0.4 is 20.5 Å². The fraction of sp³-hybridized carbons (Fsp3) is 0.458. The smallest absolute Gasteiger partial charge is 0.406 e. The summed E-state index contributed by atoms with van der Waals surface area (Å²) in [5.41, 5.74) is 1.84. The average Bonchev–Trinajstić information content (AvgIpc) is 3.15. The number of alkyl halides is 3. The van der Waals surface area contributed by atoms with E-state index in [4.69, 9.17) is 0 Å². The van der Waals surface area contributed by atoms with Crippen molar-refractivity contribution in [2.24, 2.45) is 13.0 Å². The van der Waals surface area contributed by atoms with Gasteiger partial charge in [0.1, 0.15) is 27.7 Å². The molecule has 0 bridgehead atoms. The fourth-order valence-electron chi connectivity index (χ4n) is 4.68. The van der Waals surface area contributed by atoms with E-state index in [0.717, 1.165) is 34.8 Å². The van der Waals surface area contributed by atoms with Crippen molar-refractivity contribution >= 4 is 33.1 Å². The van der Waals surface area contributed by atoms with E-state index in [0.29, 0.717) is 24.3 Å². The fourth-order valence-corrected chi connectivity index (χ4v) is 5.56. The summed E-state index contributed by atoms with van der Waals surface area (Å²) in [4.78, 5) is 20.4. The van der Waals surface area contributed by atoms with E-state index in [1.54, 1.807) is 19.2 Å². The first-order chi connectivity index (χ1) is 16.6. The number of anilines is 2. The van der Waals surface area contributed by atoms with Crippen LogP contribution in [0.15, 0.2) is 29.1 Å². The summed E-state index contributed by atoms with van der Waals surface area (Å²) in [6.07, 6.45) is -2.26. The van der Waals surface area contributed by atoms with E-state index in [2.05, 4.69) is 32.9 Å². The molecule has 0 amide bonds. The van der Waals surface area contributed by atoms with Crippen LogP contribution in [0.4, 0.5) is 24.5 Å². The van der Waals surface area contributed by atoms with Gasteiger partial charge in [-0.3, -0.25) is 4.79 Å². The number of pyridine rings is 1. The quantitative estimate of drug-likeness (QED) is 0.526. The van der Waals surface area contributed by atoms with Gasteiger partial charge in [-0.25, -0.2) is 4.98 Å². The molecule has 2 aromatic heterocycles. The number of rotatable bonds is 4. The number of nitrogens with one attached hydrogen (secondary N) is 1. The Bertz CT molecular complexity index is 1310. The van der Waals surface area contributed by atoms with Crippen molar-refractivity contribution in [1.29, 1.82) is 5.26 Å². The van der Waals surface area contributed by atoms with Crippen LogP contribution in [0, 0.1) is 24.2 Å². The molecule has 4 rings (SSSR count). The lowest BCUT2D eigenvalue weighted by Crippen LogP contribution is -2.38. The van der Waals surface area contributed by atoms with Gasteiger partial charge in [-0.15, -0.1) is 24.5 Å². The average molecular weight is 506 g/mol. The van der Waals surface area contributed by atoms with Gasteiger partial charge in [-0.1, -0.05) is 6.92 Å². The van der Waals surface area contributed by atoms with Crippen LogP contribution in [-0.2, 0) is 7.05 Å². The molecule has 0 saturated carbocycles. The number of halogens is 3. The molecule has 1 N–H and O–H groups in total. The lowest BCUT2D eigenvalue weighted by Gasteiger charge is -2.34. The molecule has 35 heavy (non-hydrogen) atoms. The molecule has 2 atom stereocenters. The molecule has 0 spiro atoms. The number of aromatic nitrogens is 2. The first kappa shape index (κ1) is 24.9. The molecule has 1 saturated heterocycles. The molecule has 1 aromatic carbocycles. The molecule has 3 aromatic rings. The van der Waals surface area contributed by atoms with Gasteiger partial charge in [0.2, 0.25) is 0 Å². The largest absolute Gasteiger partial charge is 0.573 e. The Kier molecular flexibility index (Phi) is 6.94. The number of hydrogen-bond donors (Lipinski definition) is 1. The van der Waals surface area contributed by atoms with E-state index >= 15 is 0 Å². The molecule has 0 radical (unpaired) electrons. The Morgan fingerprint density at radius 3 is 2.66 bits per heavy atom. The molecule has 7 nitrogen and oxygen atoms in total. The normalized spacial score (nSPS) is 19.2. The molecule has 11 heteroatoms. The van der Waals surface area contributed by atoms with Crippen molar-refractivity contribution < 1.29 is 17.9 Å². The van der Waals surface area contributed by atoms with Crippen LogP contribution in [0.3, 0.4) is 0 Å². The van der Waals surface area contributed by atoms with Gasteiger partial charge in [0, 0.05) is 31.9 Å². The molecule has 0 aliphatic carbocycles. The van der Waals surface area contributed by atoms with E-state index in [9.17, 15) is 23.2 Å². The van der Waals surface area contributed by atoms with E-state index in [-0.39, 0.29) is 28.8 Å². The highest BCUT2D eigenvalue weighted by atomic mass is 32.1. The molecular weight excluding hydrogens is 479 g/mol. The van der Waals surface area contributed by atoms with Crippen molar-refractivity contribution in [3.05, 3.63) is 45.2 Å². The molecule has 1 aliphatic rings. The van der Waals surface area contributed by atoms with Crippen molar-refractivity contribution in [3.63, 3.8) is 0 Å². The van der Waals surface area contributed by atoms with Gasteiger partial charge < -0.3 is 19.5 Å². The third-order valence-corrected chi connectivity index (χ3v) is 7.13. The Labute approximate surface area is 204 Å². The van der Waals surface area contributed by atoms with Gasteiger partial charge in [0.25, 0.3) is 5.56 Å². The molecule has 2 unspecified atom stereocenters. The predicted molar refractivity (Wildman–Crippen MR) is 130 cm³/mol. The Morgan fingerprint density at radius 1 is 1.29 bits per heavy atom. The topological polar surface area (TPSA) is 83.2 Å². The maximum atomic E-state index is 12.9. The summed E-state index contributed by atoms with van der Waals surface area (Å²) >= 11 is 1.44. The van der Waals surface area contributed by atoms with Crippen LogP contribution >= 0.6 is 11.3 Å². The summed E-state index contributed by atoms with van der Waals surface area (Å²) < 4.78 is 42.6. The van der Waals surface area contributed by atoms with Crippen LogP contribution in [-0.4, -0.2) is 35.0 Å².